The van der Waals surface area contributed by atoms with Crippen LogP contribution >= 0.6 is 0 Å². The number of nitrogens with one attached hydrogen (secondary N) is 2. The lowest BCUT2D eigenvalue weighted by atomic mass is 9.86. The summed E-state index contributed by atoms with van der Waals surface area (Å²) in [5.74, 6) is -0.0562. The monoisotopic (exact) mass is 376 g/mol. The summed E-state index contributed by atoms with van der Waals surface area (Å²) in [6, 6.07) is 0. The Bertz CT molecular complexity index is 1050. The van der Waals surface area contributed by atoms with E-state index in [9.17, 15) is 9.59 Å². The highest BCUT2D eigenvalue weighted by Crippen LogP contribution is 2.35. The van der Waals surface area contributed by atoms with Crippen LogP contribution in [0, 0.1) is 0 Å². The third-order valence-electron chi connectivity index (χ3n) is 5.29. The molecule has 0 aromatic carbocycles. The molecule has 0 saturated carbocycles. The highest BCUT2D eigenvalue weighted by Gasteiger charge is 2.29. The predicted octanol–water partition coefficient (Wildman–Crippen LogP) is 2.36. The normalized spacial score (nSPS) is 18.1. The van der Waals surface area contributed by atoms with Crippen molar-refractivity contribution in [3.63, 3.8) is 0 Å². The standard InChI is InChI=1S/C22H24N4O2/c1-26(2)10-8-14-12-25-21-15(4-6-18(27)20(14)21)16-3-5-17-19(22(16)28)13(7-9-23)11-24-17/h3-6,11-12,24-25H,7-10,23H2,1-2H3. The van der Waals surface area contributed by atoms with Crippen molar-refractivity contribution in [3.8, 4) is 0 Å². The molecule has 0 fully saturated rings. The summed E-state index contributed by atoms with van der Waals surface area (Å²) < 4.78 is 0. The number of ketones is 2. The number of hydrogen-bond acceptors (Lipinski definition) is 4. The first-order chi connectivity index (χ1) is 13.5. The van der Waals surface area contributed by atoms with Gasteiger partial charge in [-0.2, -0.15) is 0 Å². The number of fused-ring (bicyclic) bond motifs is 2. The Kier molecular flexibility index (Phi) is 4.75. The van der Waals surface area contributed by atoms with Crippen LogP contribution in [0.25, 0.3) is 11.6 Å². The van der Waals surface area contributed by atoms with E-state index in [4.69, 9.17) is 5.73 Å². The zero-order valence-corrected chi connectivity index (χ0v) is 16.1. The van der Waals surface area contributed by atoms with Gasteiger partial charge in [-0.3, -0.25) is 9.59 Å². The maximum Gasteiger partial charge on any atom is 0.196 e. The first-order valence-electron chi connectivity index (χ1n) is 9.46. The number of carbonyl (C=O) groups is 2. The zero-order valence-electron chi connectivity index (χ0n) is 16.1. The van der Waals surface area contributed by atoms with Crippen molar-refractivity contribution < 1.29 is 9.59 Å². The molecule has 0 unspecified atom stereocenters. The molecule has 0 bridgehead atoms. The third kappa shape index (κ3) is 3.00. The largest absolute Gasteiger partial charge is 0.361 e. The van der Waals surface area contributed by atoms with Gasteiger partial charge in [-0.05, 0) is 68.9 Å². The van der Waals surface area contributed by atoms with Crippen molar-refractivity contribution in [1.29, 1.82) is 0 Å². The van der Waals surface area contributed by atoms with Crippen molar-refractivity contribution in [2.75, 3.05) is 27.2 Å². The number of aromatic amines is 2. The smallest absolute Gasteiger partial charge is 0.196 e. The summed E-state index contributed by atoms with van der Waals surface area (Å²) >= 11 is 0. The molecule has 0 spiro atoms. The molecule has 144 valence electrons. The Labute approximate surface area is 163 Å². The molecule has 0 amide bonds. The van der Waals surface area contributed by atoms with Gasteiger partial charge in [0.05, 0.1) is 16.8 Å². The molecule has 6 nitrogen and oxygen atoms in total. The van der Waals surface area contributed by atoms with Gasteiger partial charge in [0.2, 0.25) is 0 Å². The fourth-order valence-electron chi connectivity index (χ4n) is 3.87. The molecule has 2 aliphatic carbocycles. The zero-order chi connectivity index (χ0) is 19.8. The van der Waals surface area contributed by atoms with Crippen LogP contribution in [0.5, 0.6) is 0 Å². The van der Waals surface area contributed by atoms with Crippen LogP contribution in [-0.2, 0) is 12.8 Å². The first-order valence-corrected chi connectivity index (χ1v) is 9.46. The number of nitrogens with zero attached hydrogens (tertiary/aromatic N) is 1. The molecule has 2 heterocycles. The summed E-state index contributed by atoms with van der Waals surface area (Å²) in [6.07, 6.45) is 12.2. The highest BCUT2D eigenvalue weighted by atomic mass is 16.1. The summed E-state index contributed by atoms with van der Waals surface area (Å²) in [7, 11) is 4.01. The number of nitrogens with two attached hydrogens (primary N) is 1. The Balaban J connectivity index is 1.79. The molecular formula is C22H24N4O2. The molecule has 4 rings (SSSR count). The summed E-state index contributed by atoms with van der Waals surface area (Å²) in [4.78, 5) is 34.3. The molecule has 2 aromatic rings. The average Bonchev–Trinajstić information content (AvgIpc) is 3.27. The van der Waals surface area contributed by atoms with Gasteiger partial charge in [0.15, 0.2) is 11.6 Å². The van der Waals surface area contributed by atoms with Gasteiger partial charge in [-0.1, -0.05) is 0 Å². The number of allylic oxidation sites excluding steroid dienone is 5. The van der Waals surface area contributed by atoms with Gasteiger partial charge in [0.1, 0.15) is 0 Å². The highest BCUT2D eigenvalue weighted by molar-refractivity contribution is 6.23. The summed E-state index contributed by atoms with van der Waals surface area (Å²) in [6.45, 7) is 1.33. The van der Waals surface area contributed by atoms with Crippen molar-refractivity contribution in [2.45, 2.75) is 12.8 Å². The number of aromatic nitrogens is 2. The SMILES string of the molecule is CN(C)CCc1c[nH]c2c1C(=O)C=CC2=C1C=Cc2[nH]cc(CCN)c2C1=O. The maximum absolute atomic E-state index is 13.3. The maximum atomic E-state index is 13.3. The van der Waals surface area contributed by atoms with Crippen LogP contribution in [0.4, 0.5) is 0 Å². The van der Waals surface area contributed by atoms with Crippen molar-refractivity contribution in [1.82, 2.24) is 14.9 Å². The lowest BCUT2D eigenvalue weighted by Gasteiger charge is -2.17. The second-order valence-electron chi connectivity index (χ2n) is 7.45. The number of Topliss-reactive ketones (excluding diaryl/α,β-unsaturated/α-hetero) is 1. The van der Waals surface area contributed by atoms with E-state index in [-0.39, 0.29) is 11.6 Å². The van der Waals surface area contributed by atoms with Gasteiger partial charge < -0.3 is 20.6 Å². The quantitative estimate of drug-likeness (QED) is 0.698. The van der Waals surface area contributed by atoms with E-state index < -0.39 is 0 Å². The van der Waals surface area contributed by atoms with Gasteiger partial charge in [-0.15, -0.1) is 0 Å². The number of hydrogen-bond donors (Lipinski definition) is 3. The molecule has 28 heavy (non-hydrogen) atoms. The van der Waals surface area contributed by atoms with E-state index in [1.807, 2.05) is 38.6 Å². The Morgan fingerprint density at radius 3 is 2.36 bits per heavy atom. The van der Waals surface area contributed by atoms with E-state index in [0.29, 0.717) is 29.7 Å². The predicted molar refractivity (Wildman–Crippen MR) is 110 cm³/mol. The molecule has 2 aromatic heterocycles. The van der Waals surface area contributed by atoms with Crippen molar-refractivity contribution >= 4 is 23.2 Å². The van der Waals surface area contributed by atoms with E-state index in [1.54, 1.807) is 12.2 Å². The Morgan fingerprint density at radius 2 is 1.61 bits per heavy atom. The third-order valence-corrected chi connectivity index (χ3v) is 5.29. The second-order valence-corrected chi connectivity index (χ2v) is 7.45. The molecule has 0 radical (unpaired) electrons. The first kappa shape index (κ1) is 18.4. The Morgan fingerprint density at radius 1 is 0.893 bits per heavy atom. The minimum Gasteiger partial charge on any atom is -0.361 e. The van der Waals surface area contributed by atoms with E-state index in [2.05, 4.69) is 14.9 Å². The van der Waals surface area contributed by atoms with E-state index in [1.165, 1.54) is 0 Å². The fraction of sp³-hybridized carbons (Fsp3) is 0.273. The summed E-state index contributed by atoms with van der Waals surface area (Å²) in [5.41, 5.74) is 11.9. The van der Waals surface area contributed by atoms with E-state index in [0.717, 1.165) is 41.1 Å². The van der Waals surface area contributed by atoms with Gasteiger partial charge in [-0.25, -0.2) is 0 Å². The van der Waals surface area contributed by atoms with E-state index >= 15 is 0 Å². The van der Waals surface area contributed by atoms with Crippen LogP contribution in [0.1, 0.15) is 43.2 Å². The van der Waals surface area contributed by atoms with Gasteiger partial charge in [0.25, 0.3) is 0 Å². The second kappa shape index (κ2) is 7.22. The lowest BCUT2D eigenvalue weighted by Crippen LogP contribution is -2.17. The minimum absolute atomic E-state index is 0.0206. The van der Waals surface area contributed by atoms with Gasteiger partial charge >= 0.3 is 0 Å². The number of likely N-dealkylation sites (N-methyl/N-ethyl adjacent to an activating group) is 1. The topological polar surface area (TPSA) is 95.0 Å². The van der Waals surface area contributed by atoms with Crippen LogP contribution in [0.15, 0.2) is 36.2 Å². The lowest BCUT2D eigenvalue weighted by molar-refractivity contribution is 0.102. The van der Waals surface area contributed by atoms with Crippen molar-refractivity contribution in [2.24, 2.45) is 5.73 Å². The molecule has 6 heteroatoms. The molecule has 0 atom stereocenters. The van der Waals surface area contributed by atoms with Crippen molar-refractivity contribution in [3.05, 3.63) is 69.8 Å². The van der Waals surface area contributed by atoms with Crippen LogP contribution in [-0.4, -0.2) is 53.6 Å². The van der Waals surface area contributed by atoms with Crippen LogP contribution < -0.4 is 5.73 Å². The molecular weight excluding hydrogens is 352 g/mol. The summed E-state index contributed by atoms with van der Waals surface area (Å²) in [5, 5.41) is 0. The molecule has 4 N–H and O–H groups in total. The number of rotatable bonds is 5. The Hall–Kier alpha value is -2.96. The number of H-pyrrole nitrogens is 2. The van der Waals surface area contributed by atoms with Crippen LogP contribution in [0.2, 0.25) is 0 Å². The minimum atomic E-state index is -0.0356. The number of carbonyl (C=O) groups excluding carboxylic acids is 2. The molecule has 2 aliphatic rings. The average molecular weight is 376 g/mol. The van der Waals surface area contributed by atoms with Crippen LogP contribution in [0.3, 0.4) is 0 Å². The van der Waals surface area contributed by atoms with Gasteiger partial charge in [0, 0.05) is 35.8 Å². The molecule has 0 aliphatic heterocycles. The molecule has 0 saturated heterocycles. The fourth-order valence-corrected chi connectivity index (χ4v) is 3.87.